The Morgan fingerprint density at radius 3 is 3.00 bits per heavy atom. The lowest BCUT2D eigenvalue weighted by atomic mass is 9.87. The van der Waals surface area contributed by atoms with Crippen LogP contribution in [0.5, 0.6) is 0 Å². The minimum Gasteiger partial charge on any atom is -0.316 e. The van der Waals surface area contributed by atoms with Crippen LogP contribution in [0.1, 0.15) is 17.7 Å². The first-order valence-corrected chi connectivity index (χ1v) is 7.59. The van der Waals surface area contributed by atoms with Gasteiger partial charge in [-0.25, -0.2) is 0 Å². The highest BCUT2D eigenvalue weighted by molar-refractivity contribution is 9.10. The van der Waals surface area contributed by atoms with Gasteiger partial charge < -0.3 is 5.32 Å². The van der Waals surface area contributed by atoms with E-state index in [1.807, 2.05) is 11.3 Å². The normalized spacial score (nSPS) is 28.8. The van der Waals surface area contributed by atoms with Crippen LogP contribution in [0.15, 0.2) is 15.9 Å². The van der Waals surface area contributed by atoms with E-state index in [1.165, 1.54) is 48.4 Å². The first-order valence-electron chi connectivity index (χ1n) is 5.92. The van der Waals surface area contributed by atoms with Crippen LogP contribution in [0, 0.1) is 5.41 Å². The molecule has 0 bridgehead atoms. The zero-order valence-electron chi connectivity index (χ0n) is 9.75. The molecule has 2 aliphatic rings. The third-order valence-corrected chi connectivity index (χ3v) is 5.53. The van der Waals surface area contributed by atoms with E-state index in [1.54, 1.807) is 0 Å². The van der Waals surface area contributed by atoms with Gasteiger partial charge >= 0.3 is 0 Å². The van der Waals surface area contributed by atoms with Crippen LogP contribution in [0.25, 0.3) is 0 Å². The van der Waals surface area contributed by atoms with Crippen molar-refractivity contribution in [2.24, 2.45) is 5.41 Å². The van der Waals surface area contributed by atoms with E-state index in [9.17, 15) is 0 Å². The molecule has 2 fully saturated rings. The van der Waals surface area contributed by atoms with Gasteiger partial charge in [0.1, 0.15) is 0 Å². The second kappa shape index (κ2) is 5.57. The van der Waals surface area contributed by atoms with Gasteiger partial charge in [0.15, 0.2) is 0 Å². The number of likely N-dealkylation sites (tertiary alicyclic amines) is 1. The fourth-order valence-electron chi connectivity index (χ4n) is 2.96. The Labute approximate surface area is 121 Å². The highest BCUT2D eigenvalue weighted by Crippen LogP contribution is 2.37. The first-order chi connectivity index (χ1) is 7.76. The minimum absolute atomic E-state index is 0. The number of thiophene rings is 1. The van der Waals surface area contributed by atoms with E-state index < -0.39 is 0 Å². The number of rotatable bonds is 2. The van der Waals surface area contributed by atoms with Crippen molar-refractivity contribution in [2.45, 2.75) is 19.4 Å². The van der Waals surface area contributed by atoms with Crippen molar-refractivity contribution in [1.82, 2.24) is 10.2 Å². The van der Waals surface area contributed by atoms with Crippen molar-refractivity contribution in [3.05, 3.63) is 20.8 Å². The molecule has 0 aliphatic carbocycles. The van der Waals surface area contributed by atoms with Gasteiger partial charge in [-0.2, -0.15) is 0 Å². The van der Waals surface area contributed by atoms with Crippen LogP contribution < -0.4 is 5.32 Å². The highest BCUT2D eigenvalue weighted by Gasteiger charge is 2.40. The van der Waals surface area contributed by atoms with E-state index in [-0.39, 0.29) is 12.4 Å². The molecular formula is C12H18BrClN2S. The summed E-state index contributed by atoms with van der Waals surface area (Å²) in [4.78, 5) is 4.10. The second-order valence-corrected chi connectivity index (χ2v) is 7.03. The molecule has 0 aromatic carbocycles. The largest absolute Gasteiger partial charge is 0.316 e. The number of halogens is 2. The molecular weight excluding hydrogens is 320 g/mol. The highest BCUT2D eigenvalue weighted by atomic mass is 79.9. The zero-order chi connectivity index (χ0) is 11.0. The number of nitrogens with zero attached hydrogens (tertiary/aromatic N) is 1. The molecule has 0 radical (unpaired) electrons. The van der Waals surface area contributed by atoms with E-state index in [0.29, 0.717) is 5.41 Å². The summed E-state index contributed by atoms with van der Waals surface area (Å²) in [6.07, 6.45) is 2.75. The molecule has 1 N–H and O–H groups in total. The van der Waals surface area contributed by atoms with E-state index in [2.05, 4.69) is 37.6 Å². The van der Waals surface area contributed by atoms with Crippen molar-refractivity contribution in [3.63, 3.8) is 0 Å². The molecule has 2 saturated heterocycles. The van der Waals surface area contributed by atoms with Crippen LogP contribution in [0.4, 0.5) is 0 Å². The lowest BCUT2D eigenvalue weighted by molar-refractivity contribution is 0.270. The first kappa shape index (κ1) is 13.8. The fraction of sp³-hybridized carbons (Fsp3) is 0.667. The maximum atomic E-state index is 3.52. The zero-order valence-corrected chi connectivity index (χ0v) is 13.0. The van der Waals surface area contributed by atoms with Crippen LogP contribution in [0.2, 0.25) is 0 Å². The Bertz CT molecular complexity index is 376. The Balaban J connectivity index is 0.00000108. The van der Waals surface area contributed by atoms with Crippen molar-refractivity contribution in [2.75, 3.05) is 26.2 Å². The van der Waals surface area contributed by atoms with Gasteiger partial charge in [0.25, 0.3) is 0 Å². The van der Waals surface area contributed by atoms with Crippen molar-refractivity contribution in [3.8, 4) is 0 Å². The van der Waals surface area contributed by atoms with Crippen LogP contribution in [-0.4, -0.2) is 31.1 Å². The van der Waals surface area contributed by atoms with Crippen molar-refractivity contribution in [1.29, 1.82) is 0 Å². The smallest absolute Gasteiger partial charge is 0.0328 e. The predicted octanol–water partition coefficient (Wildman–Crippen LogP) is 3.12. The maximum absolute atomic E-state index is 3.52. The van der Waals surface area contributed by atoms with Gasteiger partial charge in [-0.15, -0.1) is 23.7 Å². The third-order valence-electron chi connectivity index (χ3n) is 3.85. The Morgan fingerprint density at radius 1 is 1.47 bits per heavy atom. The summed E-state index contributed by atoms with van der Waals surface area (Å²) >= 11 is 5.39. The molecule has 1 spiro atoms. The summed E-state index contributed by atoms with van der Waals surface area (Å²) in [6, 6.07) is 2.25. The standard InChI is InChI=1S/C12H17BrN2S.ClH/c13-10-5-11(16-7-10)6-15-4-2-12(9-15)1-3-14-8-12;/h5,7,14H,1-4,6,8-9H2;1H. The molecule has 0 saturated carbocycles. The molecule has 96 valence electrons. The van der Waals surface area contributed by atoms with Gasteiger partial charge in [-0.05, 0) is 53.3 Å². The van der Waals surface area contributed by atoms with E-state index in [4.69, 9.17) is 0 Å². The number of nitrogens with one attached hydrogen (secondary N) is 1. The lowest BCUT2D eigenvalue weighted by Gasteiger charge is -2.22. The summed E-state index contributed by atoms with van der Waals surface area (Å²) in [6.45, 7) is 6.15. The molecule has 5 heteroatoms. The summed E-state index contributed by atoms with van der Waals surface area (Å²) < 4.78 is 1.23. The molecule has 2 aliphatic heterocycles. The Morgan fingerprint density at radius 2 is 2.35 bits per heavy atom. The molecule has 1 unspecified atom stereocenters. The second-order valence-electron chi connectivity index (χ2n) is 5.12. The van der Waals surface area contributed by atoms with Crippen molar-refractivity contribution >= 4 is 39.7 Å². The monoisotopic (exact) mass is 336 g/mol. The Kier molecular flexibility index (Phi) is 4.53. The van der Waals surface area contributed by atoms with Crippen LogP contribution in [0.3, 0.4) is 0 Å². The average Bonchev–Trinajstić information content (AvgIpc) is 2.94. The van der Waals surface area contributed by atoms with Crippen LogP contribution in [-0.2, 0) is 6.54 Å². The van der Waals surface area contributed by atoms with Gasteiger partial charge in [-0.3, -0.25) is 4.90 Å². The fourth-order valence-corrected chi connectivity index (χ4v) is 4.46. The summed E-state index contributed by atoms with van der Waals surface area (Å²) in [5.74, 6) is 0. The molecule has 3 heterocycles. The van der Waals surface area contributed by atoms with Crippen LogP contribution >= 0.6 is 39.7 Å². The van der Waals surface area contributed by atoms with Crippen molar-refractivity contribution < 1.29 is 0 Å². The SMILES string of the molecule is Brc1csc(CN2CCC3(CCNC3)C2)c1.Cl. The average molecular weight is 338 g/mol. The molecule has 1 aromatic heterocycles. The number of hydrogen-bond acceptors (Lipinski definition) is 3. The summed E-state index contributed by atoms with van der Waals surface area (Å²) in [7, 11) is 0. The maximum Gasteiger partial charge on any atom is 0.0328 e. The van der Waals surface area contributed by atoms with E-state index in [0.717, 1.165) is 6.54 Å². The molecule has 1 atom stereocenters. The van der Waals surface area contributed by atoms with E-state index >= 15 is 0 Å². The quantitative estimate of drug-likeness (QED) is 0.892. The van der Waals surface area contributed by atoms with Gasteiger partial charge in [0.05, 0.1) is 0 Å². The molecule has 1 aromatic rings. The predicted molar refractivity (Wildman–Crippen MR) is 79.1 cm³/mol. The third kappa shape index (κ3) is 3.04. The number of hydrogen-bond donors (Lipinski definition) is 1. The summed E-state index contributed by atoms with van der Waals surface area (Å²) in [5.41, 5.74) is 0.606. The Hall–Kier alpha value is 0.390. The summed E-state index contributed by atoms with van der Waals surface area (Å²) in [5, 5.41) is 5.69. The molecule has 3 rings (SSSR count). The topological polar surface area (TPSA) is 15.3 Å². The van der Waals surface area contributed by atoms with Gasteiger partial charge in [0.2, 0.25) is 0 Å². The van der Waals surface area contributed by atoms with Gasteiger partial charge in [0, 0.05) is 34.4 Å². The lowest BCUT2D eigenvalue weighted by Crippen LogP contribution is -2.28. The molecule has 0 amide bonds. The molecule has 17 heavy (non-hydrogen) atoms. The van der Waals surface area contributed by atoms with Gasteiger partial charge in [-0.1, -0.05) is 0 Å². The molecule has 2 nitrogen and oxygen atoms in total. The minimum atomic E-state index is 0.